The van der Waals surface area contributed by atoms with Crippen LogP contribution in [-0.4, -0.2) is 41.5 Å². The third-order valence-corrected chi connectivity index (χ3v) is 5.25. The number of anilines is 2. The molecule has 0 amide bonds. The smallest absolute Gasteiger partial charge is 0.373 e. The lowest BCUT2D eigenvalue weighted by atomic mass is 10.3. The lowest BCUT2D eigenvalue weighted by Crippen LogP contribution is -2.14. The Labute approximate surface area is 160 Å². The normalized spacial score (nSPS) is 12.9. The number of benzene rings is 1. The van der Waals surface area contributed by atoms with E-state index in [9.17, 15) is 4.79 Å². The number of hydrogen-bond acceptors (Lipinski definition) is 8. The zero-order valence-electron chi connectivity index (χ0n) is 14.9. The Bertz CT molecular complexity index is 951. The van der Waals surface area contributed by atoms with Crippen molar-refractivity contribution in [2.75, 3.05) is 25.7 Å². The standard InChI is InChI=1S/C18H18N4O4S/c1-24-13-5-3-12(4-6-13)21-9-10-22-17(21)19-20-18(22)27-11-14-7-8-15(26-14)16(23)25-2/h3-8H,9-11H2,1-2H3. The van der Waals surface area contributed by atoms with E-state index in [-0.39, 0.29) is 5.76 Å². The second-order valence-electron chi connectivity index (χ2n) is 5.83. The summed E-state index contributed by atoms with van der Waals surface area (Å²) in [4.78, 5) is 13.6. The molecule has 0 aliphatic carbocycles. The van der Waals surface area contributed by atoms with Crippen molar-refractivity contribution in [1.82, 2.24) is 14.8 Å². The van der Waals surface area contributed by atoms with Crippen molar-refractivity contribution in [2.24, 2.45) is 0 Å². The fourth-order valence-electron chi connectivity index (χ4n) is 2.89. The van der Waals surface area contributed by atoms with Gasteiger partial charge in [0.05, 0.1) is 20.0 Å². The SMILES string of the molecule is COC(=O)c1ccc(CSc2nnc3n2CCN3c2ccc(OC)cc2)o1. The highest BCUT2D eigenvalue weighted by atomic mass is 32.2. The van der Waals surface area contributed by atoms with Crippen LogP contribution < -0.4 is 9.64 Å². The fourth-order valence-corrected chi connectivity index (χ4v) is 3.75. The van der Waals surface area contributed by atoms with Gasteiger partial charge in [-0.05, 0) is 36.4 Å². The summed E-state index contributed by atoms with van der Waals surface area (Å²) in [6.07, 6.45) is 0. The summed E-state index contributed by atoms with van der Waals surface area (Å²) in [5.41, 5.74) is 1.05. The van der Waals surface area contributed by atoms with Crippen molar-refractivity contribution in [3.8, 4) is 5.75 Å². The number of nitrogens with zero attached hydrogens (tertiary/aromatic N) is 4. The van der Waals surface area contributed by atoms with Gasteiger partial charge >= 0.3 is 5.97 Å². The summed E-state index contributed by atoms with van der Waals surface area (Å²) in [6.45, 7) is 1.64. The number of esters is 1. The van der Waals surface area contributed by atoms with E-state index in [1.165, 1.54) is 18.9 Å². The van der Waals surface area contributed by atoms with E-state index >= 15 is 0 Å². The number of methoxy groups -OCH3 is 2. The zero-order chi connectivity index (χ0) is 18.8. The topological polar surface area (TPSA) is 82.6 Å². The maximum Gasteiger partial charge on any atom is 0.373 e. The monoisotopic (exact) mass is 386 g/mol. The molecule has 4 rings (SSSR count). The number of furan rings is 1. The highest BCUT2D eigenvalue weighted by Crippen LogP contribution is 2.33. The first kappa shape index (κ1) is 17.5. The summed E-state index contributed by atoms with van der Waals surface area (Å²) < 4.78 is 17.4. The van der Waals surface area contributed by atoms with Crippen LogP contribution in [0.15, 0.2) is 46.0 Å². The van der Waals surface area contributed by atoms with Gasteiger partial charge in [-0.15, -0.1) is 10.2 Å². The molecule has 0 N–H and O–H groups in total. The first-order chi connectivity index (χ1) is 13.2. The number of thioether (sulfide) groups is 1. The molecule has 3 heterocycles. The number of carbonyl (C=O) groups excluding carboxylic acids is 1. The third-order valence-electron chi connectivity index (χ3n) is 4.26. The van der Waals surface area contributed by atoms with Gasteiger partial charge in [0.25, 0.3) is 0 Å². The number of carbonyl (C=O) groups is 1. The van der Waals surface area contributed by atoms with E-state index in [1.807, 2.05) is 24.3 Å². The minimum atomic E-state index is -0.482. The fraction of sp³-hybridized carbons (Fsp3) is 0.278. The molecule has 0 fully saturated rings. The largest absolute Gasteiger partial charge is 0.497 e. The van der Waals surface area contributed by atoms with Gasteiger partial charge in [0.2, 0.25) is 11.7 Å². The lowest BCUT2D eigenvalue weighted by molar-refractivity contribution is 0.0563. The molecule has 140 valence electrons. The molecule has 1 aromatic carbocycles. The summed E-state index contributed by atoms with van der Waals surface area (Å²) in [5, 5.41) is 9.45. The Morgan fingerprint density at radius 2 is 1.96 bits per heavy atom. The van der Waals surface area contributed by atoms with Gasteiger partial charge in [0.1, 0.15) is 11.5 Å². The predicted octanol–water partition coefficient (Wildman–Crippen LogP) is 3.11. The molecule has 0 unspecified atom stereocenters. The van der Waals surface area contributed by atoms with Crippen LogP contribution in [0.25, 0.3) is 0 Å². The van der Waals surface area contributed by atoms with Gasteiger partial charge in [-0.3, -0.25) is 4.57 Å². The quantitative estimate of drug-likeness (QED) is 0.472. The Hall–Kier alpha value is -2.94. The van der Waals surface area contributed by atoms with Crippen LogP contribution in [0.2, 0.25) is 0 Å². The molecule has 0 spiro atoms. The van der Waals surface area contributed by atoms with Crippen molar-refractivity contribution in [3.63, 3.8) is 0 Å². The van der Waals surface area contributed by atoms with Crippen LogP contribution in [0.5, 0.6) is 5.75 Å². The van der Waals surface area contributed by atoms with Crippen LogP contribution in [0.1, 0.15) is 16.3 Å². The predicted molar refractivity (Wildman–Crippen MR) is 99.6 cm³/mol. The van der Waals surface area contributed by atoms with E-state index in [2.05, 4.69) is 24.4 Å². The molecule has 3 aromatic rings. The highest BCUT2D eigenvalue weighted by Gasteiger charge is 2.26. The van der Waals surface area contributed by atoms with Gasteiger partial charge in [-0.1, -0.05) is 11.8 Å². The molecular formula is C18H18N4O4S. The Morgan fingerprint density at radius 3 is 2.70 bits per heavy atom. The van der Waals surface area contributed by atoms with Crippen LogP contribution in [0.3, 0.4) is 0 Å². The summed E-state index contributed by atoms with van der Waals surface area (Å²) in [7, 11) is 2.98. The van der Waals surface area contributed by atoms with E-state index < -0.39 is 5.97 Å². The first-order valence-electron chi connectivity index (χ1n) is 8.34. The van der Waals surface area contributed by atoms with E-state index in [0.717, 1.165) is 35.6 Å². The molecule has 0 saturated carbocycles. The highest BCUT2D eigenvalue weighted by molar-refractivity contribution is 7.98. The van der Waals surface area contributed by atoms with Crippen LogP contribution in [0, 0.1) is 0 Å². The van der Waals surface area contributed by atoms with Crippen molar-refractivity contribution >= 4 is 29.4 Å². The maximum atomic E-state index is 11.5. The van der Waals surface area contributed by atoms with E-state index in [0.29, 0.717) is 11.5 Å². The van der Waals surface area contributed by atoms with Gasteiger partial charge in [0.15, 0.2) is 5.16 Å². The molecule has 1 aliphatic rings. The second kappa shape index (κ2) is 7.36. The molecule has 0 bridgehead atoms. The first-order valence-corrected chi connectivity index (χ1v) is 9.33. The average molecular weight is 386 g/mol. The van der Waals surface area contributed by atoms with Crippen molar-refractivity contribution in [3.05, 3.63) is 47.9 Å². The molecular weight excluding hydrogens is 368 g/mol. The molecule has 27 heavy (non-hydrogen) atoms. The molecule has 0 atom stereocenters. The van der Waals surface area contributed by atoms with E-state index in [1.54, 1.807) is 19.2 Å². The number of hydrogen-bond donors (Lipinski definition) is 0. The lowest BCUT2D eigenvalue weighted by Gasteiger charge is -2.15. The van der Waals surface area contributed by atoms with Gasteiger partial charge in [-0.2, -0.15) is 0 Å². The molecule has 9 heteroatoms. The van der Waals surface area contributed by atoms with E-state index in [4.69, 9.17) is 9.15 Å². The molecule has 1 aliphatic heterocycles. The minimum Gasteiger partial charge on any atom is -0.497 e. The van der Waals surface area contributed by atoms with Gasteiger partial charge < -0.3 is 18.8 Å². The molecule has 0 radical (unpaired) electrons. The Balaban J connectivity index is 1.46. The van der Waals surface area contributed by atoms with Gasteiger partial charge in [-0.25, -0.2) is 4.79 Å². The Morgan fingerprint density at radius 1 is 1.15 bits per heavy atom. The molecule has 8 nitrogen and oxygen atoms in total. The number of ether oxygens (including phenoxy) is 2. The summed E-state index contributed by atoms with van der Waals surface area (Å²) in [6, 6.07) is 11.3. The Kier molecular flexibility index (Phi) is 4.76. The van der Waals surface area contributed by atoms with Gasteiger partial charge in [0, 0.05) is 18.8 Å². The minimum absolute atomic E-state index is 0.199. The molecule has 2 aromatic heterocycles. The number of aromatic nitrogens is 3. The number of fused-ring (bicyclic) bond motifs is 1. The zero-order valence-corrected chi connectivity index (χ0v) is 15.7. The summed E-state index contributed by atoms with van der Waals surface area (Å²) in [5.74, 6) is 2.59. The van der Waals surface area contributed by atoms with Crippen molar-refractivity contribution in [2.45, 2.75) is 17.5 Å². The second-order valence-corrected chi connectivity index (χ2v) is 6.77. The maximum absolute atomic E-state index is 11.5. The summed E-state index contributed by atoms with van der Waals surface area (Å²) >= 11 is 1.52. The van der Waals surface area contributed by atoms with Crippen molar-refractivity contribution in [1.29, 1.82) is 0 Å². The number of rotatable bonds is 6. The van der Waals surface area contributed by atoms with Crippen LogP contribution in [-0.2, 0) is 17.0 Å². The third kappa shape index (κ3) is 3.37. The molecule has 0 saturated heterocycles. The average Bonchev–Trinajstić information content (AvgIpc) is 3.42. The van der Waals surface area contributed by atoms with Crippen LogP contribution in [0.4, 0.5) is 11.6 Å². The van der Waals surface area contributed by atoms with Crippen molar-refractivity contribution < 1.29 is 18.7 Å². The van der Waals surface area contributed by atoms with Crippen LogP contribution >= 0.6 is 11.8 Å².